The Morgan fingerprint density at radius 1 is 1.16 bits per heavy atom. The molecule has 0 aliphatic carbocycles. The molecule has 0 radical (unpaired) electrons. The minimum absolute atomic E-state index is 0.0221. The van der Waals surface area contributed by atoms with Crippen LogP contribution in [-0.4, -0.2) is 49.5 Å². The third-order valence-corrected chi connectivity index (χ3v) is 6.56. The van der Waals surface area contributed by atoms with E-state index in [1.54, 1.807) is 12.1 Å². The first-order chi connectivity index (χ1) is 15.2. The Kier molecular flexibility index (Phi) is 8.47. The van der Waals surface area contributed by atoms with Crippen molar-refractivity contribution >= 4 is 66.6 Å². The standard InChI is InChI=1S/C23H26Br2ClN3O3/c1-14(2)23(31)29-9-7-28(8-10-29)21-18(26)5-4-6-19(21)27-20(30)13-32-22-15(3)11-16(24)12-17(22)25/h4-6,11-12,14H,7-10,13H2,1-3H3,(H,27,30). The molecular weight excluding hydrogens is 562 g/mol. The average Bonchev–Trinajstić information content (AvgIpc) is 2.72. The second-order valence-corrected chi connectivity index (χ2v) is 10.2. The number of amides is 2. The van der Waals surface area contributed by atoms with Crippen LogP contribution in [0.3, 0.4) is 0 Å². The highest BCUT2D eigenvalue weighted by atomic mass is 79.9. The molecule has 1 fully saturated rings. The van der Waals surface area contributed by atoms with Gasteiger partial charge in [-0.25, -0.2) is 0 Å². The minimum atomic E-state index is -0.281. The number of nitrogens with one attached hydrogen (secondary N) is 1. The number of anilines is 2. The molecule has 0 unspecified atom stereocenters. The van der Waals surface area contributed by atoms with Crippen LogP contribution in [0.2, 0.25) is 5.02 Å². The summed E-state index contributed by atoms with van der Waals surface area (Å²) in [6, 6.07) is 9.23. The van der Waals surface area contributed by atoms with Crippen LogP contribution in [-0.2, 0) is 9.59 Å². The lowest BCUT2D eigenvalue weighted by Crippen LogP contribution is -2.50. The summed E-state index contributed by atoms with van der Waals surface area (Å²) >= 11 is 13.4. The van der Waals surface area contributed by atoms with E-state index in [1.807, 2.05) is 43.9 Å². The number of benzene rings is 2. The number of ether oxygens (including phenoxy) is 1. The molecule has 0 spiro atoms. The number of carbonyl (C=O) groups is 2. The molecule has 6 nitrogen and oxygen atoms in total. The predicted molar refractivity (Wildman–Crippen MR) is 136 cm³/mol. The maximum absolute atomic E-state index is 12.7. The Morgan fingerprint density at radius 3 is 2.47 bits per heavy atom. The molecular formula is C23H26Br2ClN3O3. The molecule has 1 heterocycles. The third kappa shape index (κ3) is 5.97. The summed E-state index contributed by atoms with van der Waals surface area (Å²) in [6.45, 7) is 8.13. The van der Waals surface area contributed by atoms with Gasteiger partial charge in [0.25, 0.3) is 5.91 Å². The number of hydrogen-bond donors (Lipinski definition) is 1. The van der Waals surface area contributed by atoms with Crippen LogP contribution in [0.15, 0.2) is 39.3 Å². The van der Waals surface area contributed by atoms with E-state index in [2.05, 4.69) is 42.1 Å². The Bertz CT molecular complexity index is 985. The summed E-state index contributed by atoms with van der Waals surface area (Å²) < 4.78 is 7.47. The van der Waals surface area contributed by atoms with E-state index in [-0.39, 0.29) is 24.3 Å². The quantitative estimate of drug-likeness (QED) is 0.485. The highest BCUT2D eigenvalue weighted by Gasteiger charge is 2.25. The number of aryl methyl sites for hydroxylation is 1. The molecule has 32 heavy (non-hydrogen) atoms. The normalized spacial score (nSPS) is 14.0. The number of hydrogen-bond acceptors (Lipinski definition) is 4. The number of rotatable bonds is 6. The Balaban J connectivity index is 1.68. The molecule has 2 aromatic carbocycles. The van der Waals surface area contributed by atoms with E-state index < -0.39 is 0 Å². The first-order valence-electron chi connectivity index (χ1n) is 10.4. The van der Waals surface area contributed by atoms with Crippen LogP contribution in [0.5, 0.6) is 5.75 Å². The average molecular weight is 588 g/mol. The molecule has 0 aromatic heterocycles. The molecule has 0 atom stereocenters. The van der Waals surface area contributed by atoms with Gasteiger partial charge in [0.1, 0.15) is 5.75 Å². The van der Waals surface area contributed by atoms with Gasteiger partial charge in [-0.05, 0) is 52.7 Å². The van der Waals surface area contributed by atoms with Gasteiger partial charge < -0.3 is 19.9 Å². The fourth-order valence-electron chi connectivity index (χ4n) is 3.65. The largest absolute Gasteiger partial charge is 0.482 e. The van der Waals surface area contributed by atoms with Gasteiger partial charge in [0.2, 0.25) is 5.91 Å². The zero-order chi connectivity index (χ0) is 23.4. The van der Waals surface area contributed by atoms with Gasteiger partial charge in [0.05, 0.1) is 20.9 Å². The summed E-state index contributed by atoms with van der Waals surface area (Å²) in [4.78, 5) is 28.9. The van der Waals surface area contributed by atoms with E-state index in [1.165, 1.54) is 0 Å². The van der Waals surface area contributed by atoms with Gasteiger partial charge in [-0.1, -0.05) is 47.4 Å². The van der Waals surface area contributed by atoms with Gasteiger partial charge in [-0.15, -0.1) is 0 Å². The topological polar surface area (TPSA) is 61.9 Å². The fourth-order valence-corrected chi connectivity index (χ4v) is 5.50. The second-order valence-electron chi connectivity index (χ2n) is 7.97. The molecule has 1 aliphatic heterocycles. The van der Waals surface area contributed by atoms with Crippen molar-refractivity contribution in [3.05, 3.63) is 49.9 Å². The monoisotopic (exact) mass is 585 g/mol. The zero-order valence-corrected chi connectivity index (χ0v) is 22.2. The van der Waals surface area contributed by atoms with E-state index in [9.17, 15) is 9.59 Å². The molecule has 3 rings (SSSR count). The molecule has 1 aliphatic rings. The number of halogens is 3. The van der Waals surface area contributed by atoms with Crippen LogP contribution < -0.4 is 15.0 Å². The van der Waals surface area contributed by atoms with Crippen molar-refractivity contribution in [3.8, 4) is 5.75 Å². The Hall–Kier alpha value is -1.77. The fraction of sp³-hybridized carbons (Fsp3) is 0.391. The Morgan fingerprint density at radius 2 is 1.84 bits per heavy atom. The van der Waals surface area contributed by atoms with Crippen molar-refractivity contribution in [3.63, 3.8) is 0 Å². The number of para-hydroxylation sites is 1. The third-order valence-electron chi connectivity index (χ3n) is 5.20. The predicted octanol–water partition coefficient (Wildman–Crippen LogP) is 5.50. The van der Waals surface area contributed by atoms with Crippen LogP contribution >= 0.6 is 43.5 Å². The van der Waals surface area contributed by atoms with Crippen molar-refractivity contribution < 1.29 is 14.3 Å². The maximum atomic E-state index is 12.7. The van der Waals surface area contributed by atoms with Crippen LogP contribution in [0.1, 0.15) is 19.4 Å². The summed E-state index contributed by atoms with van der Waals surface area (Å²) in [5.74, 6) is 0.479. The molecule has 2 aromatic rings. The van der Waals surface area contributed by atoms with Crippen molar-refractivity contribution in [2.75, 3.05) is 43.0 Å². The lowest BCUT2D eigenvalue weighted by molar-refractivity contribution is -0.134. The van der Waals surface area contributed by atoms with Crippen LogP contribution in [0.4, 0.5) is 11.4 Å². The smallest absolute Gasteiger partial charge is 0.262 e. The SMILES string of the molecule is Cc1cc(Br)cc(Br)c1OCC(=O)Nc1cccc(Cl)c1N1CCN(C(=O)C(C)C)CC1. The maximum Gasteiger partial charge on any atom is 0.262 e. The molecule has 172 valence electrons. The van der Waals surface area contributed by atoms with Crippen molar-refractivity contribution in [2.45, 2.75) is 20.8 Å². The number of piperazine rings is 1. The summed E-state index contributed by atoms with van der Waals surface area (Å²) in [7, 11) is 0. The van der Waals surface area contributed by atoms with Gasteiger partial charge in [-0.2, -0.15) is 0 Å². The molecule has 1 saturated heterocycles. The van der Waals surface area contributed by atoms with Gasteiger partial charge in [0.15, 0.2) is 6.61 Å². The van der Waals surface area contributed by atoms with E-state index in [0.29, 0.717) is 42.6 Å². The van der Waals surface area contributed by atoms with Crippen LogP contribution in [0, 0.1) is 12.8 Å². The van der Waals surface area contributed by atoms with E-state index >= 15 is 0 Å². The molecule has 0 saturated carbocycles. The minimum Gasteiger partial charge on any atom is -0.482 e. The zero-order valence-electron chi connectivity index (χ0n) is 18.3. The summed E-state index contributed by atoms with van der Waals surface area (Å²) in [6.07, 6.45) is 0. The van der Waals surface area contributed by atoms with Crippen LogP contribution in [0.25, 0.3) is 0 Å². The van der Waals surface area contributed by atoms with Gasteiger partial charge in [0, 0.05) is 36.6 Å². The molecule has 1 N–H and O–H groups in total. The first kappa shape index (κ1) is 24.9. The number of carbonyl (C=O) groups excluding carboxylic acids is 2. The van der Waals surface area contributed by atoms with Crippen molar-refractivity contribution in [2.24, 2.45) is 5.92 Å². The molecule has 9 heteroatoms. The van der Waals surface area contributed by atoms with E-state index in [0.717, 1.165) is 20.2 Å². The highest BCUT2D eigenvalue weighted by molar-refractivity contribution is 9.11. The lowest BCUT2D eigenvalue weighted by atomic mass is 10.1. The second kappa shape index (κ2) is 10.9. The van der Waals surface area contributed by atoms with E-state index in [4.69, 9.17) is 16.3 Å². The first-order valence-corrected chi connectivity index (χ1v) is 12.3. The summed E-state index contributed by atoms with van der Waals surface area (Å²) in [5.41, 5.74) is 2.30. The Labute approximate surface area is 210 Å². The molecule has 2 amide bonds. The van der Waals surface area contributed by atoms with Crippen molar-refractivity contribution in [1.82, 2.24) is 4.90 Å². The van der Waals surface area contributed by atoms with Gasteiger partial charge in [-0.3, -0.25) is 9.59 Å². The lowest BCUT2D eigenvalue weighted by Gasteiger charge is -2.38. The summed E-state index contributed by atoms with van der Waals surface area (Å²) in [5, 5.41) is 3.48. The highest BCUT2D eigenvalue weighted by Crippen LogP contribution is 2.35. The van der Waals surface area contributed by atoms with Crippen molar-refractivity contribution in [1.29, 1.82) is 0 Å². The van der Waals surface area contributed by atoms with Gasteiger partial charge >= 0.3 is 0 Å². The molecule has 0 bridgehead atoms. The number of nitrogens with zero attached hydrogens (tertiary/aromatic N) is 2.